The first-order valence-corrected chi connectivity index (χ1v) is 6.77. The molecule has 0 spiro atoms. The van der Waals surface area contributed by atoms with E-state index in [1.807, 2.05) is 12.2 Å². The molecule has 0 aliphatic carbocycles. The summed E-state index contributed by atoms with van der Waals surface area (Å²) < 4.78 is 0. The lowest BCUT2D eigenvalue weighted by molar-refractivity contribution is 0.843. The quantitative estimate of drug-likeness (QED) is 0.391. The molecule has 1 rings (SSSR count). The summed E-state index contributed by atoms with van der Waals surface area (Å²) in [4.78, 5) is 0. The van der Waals surface area contributed by atoms with E-state index in [2.05, 4.69) is 44.0 Å². The van der Waals surface area contributed by atoms with Gasteiger partial charge in [-0.05, 0) is 55.2 Å². The lowest BCUT2D eigenvalue weighted by Gasteiger charge is -2.06. The average Bonchev–Trinajstić information content (AvgIpc) is 2.40. The van der Waals surface area contributed by atoms with Gasteiger partial charge in [-0.15, -0.1) is 13.2 Å². The minimum Gasteiger partial charge on any atom is -0.103 e. The summed E-state index contributed by atoms with van der Waals surface area (Å²) in [6.45, 7) is 11.6. The van der Waals surface area contributed by atoms with Crippen LogP contribution in [-0.2, 0) is 6.42 Å². The fourth-order valence-electron chi connectivity index (χ4n) is 1.96. The lowest BCUT2D eigenvalue weighted by atomic mass is 9.99. The van der Waals surface area contributed by atoms with Gasteiger partial charge in [0.25, 0.3) is 0 Å². The van der Waals surface area contributed by atoms with Crippen LogP contribution in [0.3, 0.4) is 0 Å². The maximum absolute atomic E-state index is 4.15. The van der Waals surface area contributed by atoms with E-state index < -0.39 is 0 Å². The Hall–Kier alpha value is -1.56. The molecule has 0 nitrogen and oxygen atoms in total. The molecule has 0 amide bonds. The monoisotopic (exact) mass is 240 g/mol. The molecule has 0 unspecified atom stereocenters. The van der Waals surface area contributed by atoms with Gasteiger partial charge in [0.05, 0.1) is 0 Å². The largest absolute Gasteiger partial charge is 0.103 e. The van der Waals surface area contributed by atoms with Gasteiger partial charge in [-0.2, -0.15) is 0 Å². The van der Waals surface area contributed by atoms with E-state index in [0.717, 1.165) is 32.1 Å². The first-order chi connectivity index (χ1) is 8.77. The Bertz CT molecular complexity index is 381. The summed E-state index contributed by atoms with van der Waals surface area (Å²) in [5.74, 6) is 0. The molecule has 0 aliphatic rings. The lowest BCUT2D eigenvalue weighted by Crippen LogP contribution is -1.87. The van der Waals surface area contributed by atoms with E-state index in [0.29, 0.717) is 0 Å². The Morgan fingerprint density at radius 2 is 1.56 bits per heavy atom. The van der Waals surface area contributed by atoms with Crippen molar-refractivity contribution in [1.82, 2.24) is 0 Å². The Morgan fingerprint density at radius 3 is 2.17 bits per heavy atom. The maximum Gasteiger partial charge on any atom is -0.0230 e. The minimum absolute atomic E-state index is 1.06. The summed E-state index contributed by atoms with van der Waals surface area (Å²) in [5, 5.41) is 0. The van der Waals surface area contributed by atoms with Gasteiger partial charge in [0.1, 0.15) is 0 Å². The number of allylic oxidation sites excluding steroid dienone is 3. The molecule has 0 aromatic heterocycles. The van der Waals surface area contributed by atoms with Gasteiger partial charge in [-0.3, -0.25) is 0 Å². The SMILES string of the molecule is C=CCCCC(=C)c1ccc(CCCC=C)cc1. The van der Waals surface area contributed by atoms with Gasteiger partial charge in [0.2, 0.25) is 0 Å². The first kappa shape index (κ1) is 14.5. The number of hydrogen-bond donors (Lipinski definition) is 0. The van der Waals surface area contributed by atoms with Gasteiger partial charge in [-0.25, -0.2) is 0 Å². The predicted octanol–water partition coefficient (Wildman–Crippen LogP) is 5.56. The molecule has 0 saturated heterocycles. The molecule has 0 radical (unpaired) electrons. The van der Waals surface area contributed by atoms with Gasteiger partial charge >= 0.3 is 0 Å². The highest BCUT2D eigenvalue weighted by Crippen LogP contribution is 2.19. The standard InChI is InChI=1S/C18H24/c1-4-6-8-10-16(3)18-14-12-17(13-15-18)11-9-7-5-2/h4-5,12-15H,1-3,6-11H2. The van der Waals surface area contributed by atoms with Crippen molar-refractivity contribution < 1.29 is 0 Å². The van der Waals surface area contributed by atoms with Crippen molar-refractivity contribution in [3.8, 4) is 0 Å². The van der Waals surface area contributed by atoms with E-state index >= 15 is 0 Å². The van der Waals surface area contributed by atoms with Crippen molar-refractivity contribution in [2.75, 3.05) is 0 Å². The molecule has 96 valence electrons. The Kier molecular flexibility index (Phi) is 6.86. The highest BCUT2D eigenvalue weighted by molar-refractivity contribution is 5.63. The predicted molar refractivity (Wildman–Crippen MR) is 82.7 cm³/mol. The molecule has 0 heterocycles. The molecule has 1 aromatic rings. The van der Waals surface area contributed by atoms with Gasteiger partial charge < -0.3 is 0 Å². The van der Waals surface area contributed by atoms with Crippen LogP contribution in [0.5, 0.6) is 0 Å². The normalized spacial score (nSPS) is 10.0. The second-order valence-corrected chi connectivity index (χ2v) is 4.66. The third-order valence-corrected chi connectivity index (χ3v) is 3.12. The van der Waals surface area contributed by atoms with Crippen molar-refractivity contribution in [3.05, 3.63) is 67.3 Å². The number of aryl methyl sites for hydroxylation is 1. The molecule has 0 N–H and O–H groups in total. The average molecular weight is 240 g/mol. The van der Waals surface area contributed by atoms with E-state index in [1.165, 1.54) is 23.1 Å². The van der Waals surface area contributed by atoms with E-state index in [-0.39, 0.29) is 0 Å². The molecule has 18 heavy (non-hydrogen) atoms. The maximum atomic E-state index is 4.15. The van der Waals surface area contributed by atoms with Crippen LogP contribution in [0.15, 0.2) is 56.2 Å². The van der Waals surface area contributed by atoms with Crippen molar-refractivity contribution in [3.63, 3.8) is 0 Å². The number of rotatable bonds is 9. The Labute approximate surface area is 112 Å². The number of hydrogen-bond acceptors (Lipinski definition) is 0. The summed E-state index contributed by atoms with van der Waals surface area (Å²) in [6.07, 6.45) is 10.6. The zero-order valence-electron chi connectivity index (χ0n) is 11.3. The van der Waals surface area contributed by atoms with Crippen LogP contribution in [-0.4, -0.2) is 0 Å². The second-order valence-electron chi connectivity index (χ2n) is 4.66. The number of benzene rings is 1. The van der Waals surface area contributed by atoms with Gasteiger partial charge in [-0.1, -0.05) is 43.0 Å². The molecule has 1 aromatic carbocycles. The molecular formula is C18H24. The Morgan fingerprint density at radius 1 is 0.944 bits per heavy atom. The van der Waals surface area contributed by atoms with Crippen LogP contribution < -0.4 is 0 Å². The van der Waals surface area contributed by atoms with Gasteiger partial charge in [0.15, 0.2) is 0 Å². The van der Waals surface area contributed by atoms with E-state index in [4.69, 9.17) is 0 Å². The molecule has 0 heteroatoms. The topological polar surface area (TPSA) is 0 Å². The van der Waals surface area contributed by atoms with Crippen LogP contribution in [0.4, 0.5) is 0 Å². The molecule has 0 atom stereocenters. The van der Waals surface area contributed by atoms with Crippen LogP contribution in [0.25, 0.3) is 5.57 Å². The third-order valence-electron chi connectivity index (χ3n) is 3.12. The summed E-state index contributed by atoms with van der Waals surface area (Å²) in [5.41, 5.74) is 3.90. The van der Waals surface area contributed by atoms with E-state index in [9.17, 15) is 0 Å². The summed E-state index contributed by atoms with van der Waals surface area (Å²) in [6, 6.07) is 8.83. The Balaban J connectivity index is 2.45. The summed E-state index contributed by atoms with van der Waals surface area (Å²) in [7, 11) is 0. The number of unbranched alkanes of at least 4 members (excludes halogenated alkanes) is 2. The van der Waals surface area contributed by atoms with Crippen molar-refractivity contribution >= 4 is 5.57 Å². The van der Waals surface area contributed by atoms with Crippen LogP contribution >= 0.6 is 0 Å². The molecule has 0 fully saturated rings. The second kappa shape index (κ2) is 8.52. The minimum atomic E-state index is 1.06. The van der Waals surface area contributed by atoms with Crippen molar-refractivity contribution in [2.45, 2.75) is 38.5 Å². The van der Waals surface area contributed by atoms with Crippen LogP contribution in [0.1, 0.15) is 43.2 Å². The molecule has 0 bridgehead atoms. The van der Waals surface area contributed by atoms with E-state index in [1.54, 1.807) is 0 Å². The summed E-state index contributed by atoms with van der Waals surface area (Å²) >= 11 is 0. The molecule has 0 saturated carbocycles. The highest BCUT2D eigenvalue weighted by Gasteiger charge is 1.99. The van der Waals surface area contributed by atoms with Gasteiger partial charge in [0, 0.05) is 0 Å². The zero-order valence-corrected chi connectivity index (χ0v) is 11.3. The van der Waals surface area contributed by atoms with Crippen LogP contribution in [0.2, 0.25) is 0 Å². The van der Waals surface area contributed by atoms with Crippen LogP contribution in [0, 0.1) is 0 Å². The zero-order chi connectivity index (χ0) is 13.2. The molecule has 0 aliphatic heterocycles. The first-order valence-electron chi connectivity index (χ1n) is 6.77. The smallest absolute Gasteiger partial charge is 0.0230 e. The van der Waals surface area contributed by atoms with Crippen molar-refractivity contribution in [1.29, 1.82) is 0 Å². The highest BCUT2D eigenvalue weighted by atomic mass is 14.0. The fraction of sp³-hybridized carbons (Fsp3) is 0.333. The van der Waals surface area contributed by atoms with Crippen molar-refractivity contribution in [2.24, 2.45) is 0 Å². The molecular weight excluding hydrogens is 216 g/mol. The third kappa shape index (κ3) is 5.18. The fourth-order valence-corrected chi connectivity index (χ4v) is 1.96.